The topological polar surface area (TPSA) is 114 Å². The Balaban J connectivity index is 1.51. The largest absolute Gasteiger partial charge is 0.383 e. The molecule has 0 saturated carbocycles. The molecule has 0 aliphatic carbocycles. The number of hydrogen-bond acceptors (Lipinski definition) is 7. The van der Waals surface area contributed by atoms with E-state index in [4.69, 9.17) is 20.5 Å². The average molecular weight is 472 g/mol. The van der Waals surface area contributed by atoms with Crippen molar-refractivity contribution in [1.82, 2.24) is 14.9 Å². The lowest BCUT2D eigenvalue weighted by molar-refractivity contribution is 0.0248. The second kappa shape index (κ2) is 9.61. The van der Waals surface area contributed by atoms with Crippen molar-refractivity contribution in [2.45, 2.75) is 52.0 Å². The van der Waals surface area contributed by atoms with Gasteiger partial charge in [0.15, 0.2) is 0 Å². The minimum Gasteiger partial charge on any atom is -0.383 e. The van der Waals surface area contributed by atoms with Gasteiger partial charge < -0.3 is 20.1 Å². The zero-order chi connectivity index (χ0) is 24.5. The first-order chi connectivity index (χ1) is 17.0. The molecule has 2 aliphatic rings. The number of nitrogen functional groups attached to an aromatic ring is 1. The third kappa shape index (κ3) is 4.45. The highest BCUT2D eigenvalue weighted by atomic mass is 16.5. The van der Waals surface area contributed by atoms with E-state index in [1.54, 1.807) is 12.3 Å². The molecule has 35 heavy (non-hydrogen) atoms. The summed E-state index contributed by atoms with van der Waals surface area (Å²) in [4.78, 5) is 24.9. The summed E-state index contributed by atoms with van der Waals surface area (Å²) < 4.78 is 11.4. The Morgan fingerprint density at radius 2 is 2.09 bits per heavy atom. The summed E-state index contributed by atoms with van der Waals surface area (Å²) in [6.07, 6.45) is 3.26. The molecule has 1 saturated heterocycles. The fraction of sp³-hybridized carbons (Fsp3) is 0.407. The van der Waals surface area contributed by atoms with Gasteiger partial charge in [0.05, 0.1) is 36.0 Å². The molecule has 8 nitrogen and oxygen atoms in total. The van der Waals surface area contributed by atoms with Gasteiger partial charge in [0.1, 0.15) is 11.9 Å². The summed E-state index contributed by atoms with van der Waals surface area (Å²) in [6, 6.07) is 11.2. The predicted molar refractivity (Wildman–Crippen MR) is 131 cm³/mol. The van der Waals surface area contributed by atoms with Gasteiger partial charge in [-0.25, -0.2) is 4.98 Å². The fourth-order valence-corrected chi connectivity index (χ4v) is 5.18. The number of carbonyl (C=O) groups excluding carboxylic acids is 1. The van der Waals surface area contributed by atoms with Crippen LogP contribution in [0.15, 0.2) is 36.5 Å². The van der Waals surface area contributed by atoms with E-state index in [1.165, 1.54) is 0 Å². The van der Waals surface area contributed by atoms with Crippen molar-refractivity contribution >= 4 is 22.6 Å². The van der Waals surface area contributed by atoms with Crippen molar-refractivity contribution in [3.8, 4) is 6.07 Å². The van der Waals surface area contributed by atoms with E-state index >= 15 is 0 Å². The summed E-state index contributed by atoms with van der Waals surface area (Å²) in [5, 5.41) is 10.0. The molecule has 3 aromatic rings. The maximum atomic E-state index is 14.0. The van der Waals surface area contributed by atoms with Crippen LogP contribution in [0.25, 0.3) is 10.9 Å². The smallest absolute Gasteiger partial charge is 0.254 e. The van der Waals surface area contributed by atoms with E-state index in [-0.39, 0.29) is 18.1 Å². The van der Waals surface area contributed by atoms with Gasteiger partial charge in [-0.15, -0.1) is 0 Å². The number of fused-ring (bicyclic) bond motifs is 3. The van der Waals surface area contributed by atoms with E-state index in [1.807, 2.05) is 36.1 Å². The summed E-state index contributed by atoms with van der Waals surface area (Å²) in [7, 11) is 0. The summed E-state index contributed by atoms with van der Waals surface area (Å²) >= 11 is 0. The maximum Gasteiger partial charge on any atom is 0.254 e. The van der Waals surface area contributed by atoms with E-state index in [0.717, 1.165) is 40.6 Å². The molecule has 5 rings (SSSR count). The summed E-state index contributed by atoms with van der Waals surface area (Å²) in [5.74, 6) is 0.763. The van der Waals surface area contributed by atoms with Gasteiger partial charge in [0.25, 0.3) is 5.91 Å². The third-order valence-electron chi connectivity index (χ3n) is 7.28. The van der Waals surface area contributed by atoms with Crippen LogP contribution in [0.5, 0.6) is 0 Å². The summed E-state index contributed by atoms with van der Waals surface area (Å²) in [6.45, 7) is 6.30. The number of benzene rings is 1. The Morgan fingerprint density at radius 3 is 2.80 bits per heavy atom. The molecule has 4 heterocycles. The molecule has 180 valence electrons. The normalized spacial score (nSPS) is 18.7. The first-order valence-corrected chi connectivity index (χ1v) is 12.0. The second-order valence-electron chi connectivity index (χ2n) is 9.35. The molecule has 2 aliphatic heterocycles. The van der Waals surface area contributed by atoms with Gasteiger partial charge >= 0.3 is 0 Å². The zero-order valence-electron chi connectivity index (χ0n) is 20.0. The van der Waals surface area contributed by atoms with Crippen LogP contribution in [-0.4, -0.2) is 40.0 Å². The average Bonchev–Trinajstić information content (AvgIpc) is 3.29. The molecular formula is C27H29N5O3. The lowest BCUT2D eigenvalue weighted by atomic mass is 9.91. The van der Waals surface area contributed by atoms with Crippen LogP contribution in [0.4, 0.5) is 5.82 Å². The van der Waals surface area contributed by atoms with Crippen LogP contribution >= 0.6 is 0 Å². The van der Waals surface area contributed by atoms with Crippen molar-refractivity contribution < 1.29 is 14.3 Å². The standard InChI is InChI=1S/C27H29N5O3/c1-16(19-7-9-34-10-8-19)32(14-21-5-3-18(12-28)13-30-21)27(33)20-4-6-24-22(11-20)23-15-35-17(2)25(23)26(29)31-24/h3-6,11,13,16-17,19H,7-10,14-15H2,1-2H3,(H2,29,31)/t16-,17+/m1/s1. The number of anilines is 1. The highest BCUT2D eigenvalue weighted by molar-refractivity contribution is 5.99. The van der Waals surface area contributed by atoms with E-state index in [2.05, 4.69) is 23.0 Å². The van der Waals surface area contributed by atoms with E-state index < -0.39 is 0 Å². The first kappa shape index (κ1) is 23.2. The number of aromatic nitrogens is 2. The molecule has 0 unspecified atom stereocenters. The molecule has 1 aromatic carbocycles. The number of rotatable bonds is 5. The van der Waals surface area contributed by atoms with Gasteiger partial charge in [0, 0.05) is 42.0 Å². The molecule has 2 atom stereocenters. The van der Waals surface area contributed by atoms with Crippen LogP contribution in [0.1, 0.15) is 65.5 Å². The van der Waals surface area contributed by atoms with Crippen LogP contribution in [-0.2, 0) is 22.6 Å². The Labute approximate surface area is 204 Å². The number of nitrogens with two attached hydrogens (primary N) is 1. The predicted octanol–water partition coefficient (Wildman–Crippen LogP) is 4.13. The van der Waals surface area contributed by atoms with Crippen molar-refractivity contribution in [3.05, 3.63) is 64.5 Å². The van der Waals surface area contributed by atoms with Gasteiger partial charge in [-0.1, -0.05) is 0 Å². The molecule has 2 N–H and O–H groups in total. The molecule has 0 radical (unpaired) electrons. The molecule has 0 bridgehead atoms. The van der Waals surface area contributed by atoms with E-state index in [9.17, 15) is 4.79 Å². The monoisotopic (exact) mass is 471 g/mol. The van der Waals surface area contributed by atoms with Crippen LogP contribution < -0.4 is 5.73 Å². The quantitative estimate of drug-likeness (QED) is 0.595. The summed E-state index contributed by atoms with van der Waals surface area (Å²) in [5.41, 5.74) is 10.7. The Hall–Kier alpha value is -3.54. The van der Waals surface area contributed by atoms with Crippen LogP contribution in [0, 0.1) is 17.2 Å². The Bertz CT molecular complexity index is 1290. The number of nitriles is 1. The molecule has 8 heteroatoms. The SMILES string of the molecule is C[C@@H]1OCc2c1c(N)nc1ccc(C(=O)N(Cc3ccc(C#N)cn3)[C@H](C)C3CCOCC3)cc21. The second-order valence-corrected chi connectivity index (χ2v) is 9.35. The number of nitrogens with zero attached hydrogens (tertiary/aromatic N) is 4. The lowest BCUT2D eigenvalue weighted by Gasteiger charge is -2.36. The number of hydrogen-bond donors (Lipinski definition) is 1. The number of ether oxygens (including phenoxy) is 2. The van der Waals surface area contributed by atoms with Gasteiger partial charge in [-0.05, 0) is 68.5 Å². The van der Waals surface area contributed by atoms with Crippen LogP contribution in [0.3, 0.4) is 0 Å². The zero-order valence-corrected chi connectivity index (χ0v) is 20.0. The number of carbonyl (C=O) groups is 1. The van der Waals surface area contributed by atoms with Crippen molar-refractivity contribution in [2.24, 2.45) is 5.92 Å². The highest BCUT2D eigenvalue weighted by Crippen LogP contribution is 2.38. The van der Waals surface area contributed by atoms with E-state index in [0.29, 0.717) is 49.2 Å². The molecular weight excluding hydrogens is 442 g/mol. The van der Waals surface area contributed by atoms with Crippen molar-refractivity contribution in [2.75, 3.05) is 18.9 Å². The first-order valence-electron chi connectivity index (χ1n) is 12.0. The van der Waals surface area contributed by atoms with Gasteiger partial charge in [-0.3, -0.25) is 9.78 Å². The third-order valence-corrected chi connectivity index (χ3v) is 7.28. The maximum absolute atomic E-state index is 14.0. The fourth-order valence-electron chi connectivity index (χ4n) is 5.18. The molecule has 0 spiro atoms. The van der Waals surface area contributed by atoms with Crippen molar-refractivity contribution in [1.29, 1.82) is 5.26 Å². The Morgan fingerprint density at radius 1 is 1.29 bits per heavy atom. The number of amides is 1. The van der Waals surface area contributed by atoms with Gasteiger partial charge in [-0.2, -0.15) is 5.26 Å². The lowest BCUT2D eigenvalue weighted by Crippen LogP contribution is -2.44. The molecule has 2 aromatic heterocycles. The minimum atomic E-state index is -0.117. The minimum absolute atomic E-state index is 0.00171. The highest BCUT2D eigenvalue weighted by Gasteiger charge is 2.31. The van der Waals surface area contributed by atoms with Crippen LogP contribution in [0.2, 0.25) is 0 Å². The number of pyridine rings is 2. The Kier molecular flexibility index (Phi) is 6.37. The molecule has 1 amide bonds. The van der Waals surface area contributed by atoms with Gasteiger partial charge in [0.2, 0.25) is 0 Å². The molecule has 1 fully saturated rings. The van der Waals surface area contributed by atoms with Crippen molar-refractivity contribution in [3.63, 3.8) is 0 Å².